The Kier molecular flexibility index (Phi) is 5.29. The maximum absolute atomic E-state index is 9.23. The van der Waals surface area contributed by atoms with E-state index in [9.17, 15) is 5.11 Å². The summed E-state index contributed by atoms with van der Waals surface area (Å²) in [6.45, 7) is 6.02. The first-order valence-corrected chi connectivity index (χ1v) is 5.80. The Hall–Kier alpha value is -1.06. The quantitative estimate of drug-likeness (QED) is 0.764. The van der Waals surface area contributed by atoms with Crippen LogP contribution in [0.15, 0.2) is 24.3 Å². The molecule has 0 saturated carbocycles. The van der Waals surface area contributed by atoms with E-state index in [-0.39, 0.29) is 12.6 Å². The van der Waals surface area contributed by atoms with Gasteiger partial charge in [-0.2, -0.15) is 0 Å². The molecule has 1 unspecified atom stereocenters. The Morgan fingerprint density at radius 3 is 2.62 bits per heavy atom. The lowest BCUT2D eigenvalue weighted by Gasteiger charge is -2.26. The molecule has 90 valence electrons. The third-order valence-corrected chi connectivity index (χ3v) is 2.73. The summed E-state index contributed by atoms with van der Waals surface area (Å²) >= 11 is 0. The Labute approximate surface area is 98.1 Å². The molecule has 1 aromatic carbocycles. The first-order valence-electron chi connectivity index (χ1n) is 5.80. The zero-order chi connectivity index (χ0) is 12.0. The van der Waals surface area contributed by atoms with Gasteiger partial charge in [0.05, 0.1) is 6.61 Å². The van der Waals surface area contributed by atoms with Crippen LogP contribution in [0.25, 0.3) is 0 Å². The number of nitrogens with zero attached hydrogens (tertiary/aromatic N) is 1. The molecule has 3 heteroatoms. The number of benzene rings is 1. The minimum Gasteiger partial charge on any atom is -0.395 e. The predicted octanol–water partition coefficient (Wildman–Crippen LogP) is 1.40. The third-order valence-electron chi connectivity index (χ3n) is 2.73. The van der Waals surface area contributed by atoms with E-state index in [1.54, 1.807) is 0 Å². The fraction of sp³-hybridized carbons (Fsp3) is 0.538. The van der Waals surface area contributed by atoms with Crippen LogP contribution >= 0.6 is 0 Å². The first-order chi connectivity index (χ1) is 7.69. The second-order valence-electron chi connectivity index (χ2n) is 4.10. The maximum atomic E-state index is 9.23. The van der Waals surface area contributed by atoms with Crippen molar-refractivity contribution in [1.29, 1.82) is 0 Å². The van der Waals surface area contributed by atoms with Crippen molar-refractivity contribution in [2.45, 2.75) is 19.9 Å². The fourth-order valence-electron chi connectivity index (χ4n) is 1.90. The molecular weight excluding hydrogens is 200 g/mol. The molecule has 16 heavy (non-hydrogen) atoms. The first kappa shape index (κ1) is 13.0. The van der Waals surface area contributed by atoms with E-state index in [4.69, 9.17) is 0 Å². The molecule has 1 rings (SSSR count). The van der Waals surface area contributed by atoms with Gasteiger partial charge in [0.2, 0.25) is 0 Å². The minimum absolute atomic E-state index is 0.134. The van der Waals surface area contributed by atoms with Gasteiger partial charge in [-0.15, -0.1) is 0 Å². The van der Waals surface area contributed by atoms with Crippen LogP contribution < -0.4 is 10.2 Å². The van der Waals surface area contributed by atoms with Crippen LogP contribution in [0.3, 0.4) is 0 Å². The monoisotopic (exact) mass is 222 g/mol. The average Bonchev–Trinajstić information content (AvgIpc) is 2.28. The molecule has 0 heterocycles. The molecule has 1 atom stereocenters. The van der Waals surface area contributed by atoms with E-state index < -0.39 is 0 Å². The largest absolute Gasteiger partial charge is 0.395 e. The molecule has 0 saturated heterocycles. The Morgan fingerprint density at radius 1 is 1.38 bits per heavy atom. The molecule has 0 aliphatic rings. The van der Waals surface area contributed by atoms with E-state index in [0.29, 0.717) is 0 Å². The van der Waals surface area contributed by atoms with Crippen LogP contribution in [-0.4, -0.2) is 37.9 Å². The molecule has 0 fully saturated rings. The Balaban J connectivity index is 2.64. The molecule has 1 aromatic rings. The summed E-state index contributed by atoms with van der Waals surface area (Å²) in [7, 11) is 2.06. The van der Waals surface area contributed by atoms with Gasteiger partial charge in [-0.3, -0.25) is 0 Å². The van der Waals surface area contributed by atoms with Crippen LogP contribution in [0.4, 0.5) is 5.69 Å². The van der Waals surface area contributed by atoms with Gasteiger partial charge in [-0.25, -0.2) is 0 Å². The number of aliphatic hydroxyl groups excluding tert-OH is 1. The molecule has 3 nitrogen and oxygen atoms in total. The number of rotatable bonds is 6. The van der Waals surface area contributed by atoms with Crippen molar-refractivity contribution in [3.8, 4) is 0 Å². The topological polar surface area (TPSA) is 35.5 Å². The van der Waals surface area contributed by atoms with Crippen molar-refractivity contribution in [3.05, 3.63) is 29.8 Å². The normalized spacial score (nSPS) is 12.5. The molecule has 2 N–H and O–H groups in total. The van der Waals surface area contributed by atoms with Crippen molar-refractivity contribution in [3.63, 3.8) is 0 Å². The lowest BCUT2D eigenvalue weighted by molar-refractivity contribution is 0.246. The van der Waals surface area contributed by atoms with Crippen molar-refractivity contribution >= 4 is 5.69 Å². The van der Waals surface area contributed by atoms with Gasteiger partial charge >= 0.3 is 0 Å². The number of likely N-dealkylation sites (N-methyl/N-ethyl adjacent to an activating group) is 2. The summed E-state index contributed by atoms with van der Waals surface area (Å²) in [6.07, 6.45) is 0. The highest BCUT2D eigenvalue weighted by molar-refractivity contribution is 5.52. The second kappa shape index (κ2) is 6.51. The summed E-state index contributed by atoms with van der Waals surface area (Å²) in [4.78, 5) is 2.18. The van der Waals surface area contributed by atoms with Gasteiger partial charge < -0.3 is 15.3 Å². The molecule has 0 amide bonds. The number of para-hydroxylation sites is 1. The van der Waals surface area contributed by atoms with Gasteiger partial charge in [0, 0.05) is 25.3 Å². The molecule has 0 spiro atoms. The van der Waals surface area contributed by atoms with E-state index >= 15 is 0 Å². The highest BCUT2D eigenvalue weighted by Gasteiger charge is 2.10. The number of hydrogen-bond donors (Lipinski definition) is 2. The molecule has 0 aliphatic carbocycles. The summed E-state index contributed by atoms with van der Waals surface area (Å²) < 4.78 is 0. The van der Waals surface area contributed by atoms with Crippen molar-refractivity contribution in [1.82, 2.24) is 5.32 Å². The highest BCUT2D eigenvalue weighted by Crippen LogP contribution is 2.17. The van der Waals surface area contributed by atoms with Crippen LogP contribution in [0.2, 0.25) is 0 Å². The van der Waals surface area contributed by atoms with E-state index in [0.717, 1.165) is 13.1 Å². The minimum atomic E-state index is 0.134. The fourth-order valence-corrected chi connectivity index (χ4v) is 1.90. The maximum Gasteiger partial charge on any atom is 0.0601 e. The van der Waals surface area contributed by atoms with E-state index in [1.165, 1.54) is 11.3 Å². The second-order valence-corrected chi connectivity index (χ2v) is 4.10. The Bertz CT molecular complexity index is 315. The van der Waals surface area contributed by atoms with Crippen LogP contribution in [0.5, 0.6) is 0 Å². The van der Waals surface area contributed by atoms with Gasteiger partial charge in [0.1, 0.15) is 0 Å². The zero-order valence-electron chi connectivity index (χ0n) is 10.4. The van der Waals surface area contributed by atoms with Gasteiger partial charge in [-0.05, 0) is 25.1 Å². The lowest BCUT2D eigenvalue weighted by atomic mass is 10.1. The average molecular weight is 222 g/mol. The zero-order valence-corrected chi connectivity index (χ0v) is 10.4. The summed E-state index contributed by atoms with van der Waals surface area (Å²) in [6, 6.07) is 8.43. The number of nitrogens with one attached hydrogen (secondary N) is 1. The highest BCUT2D eigenvalue weighted by atomic mass is 16.3. The van der Waals surface area contributed by atoms with Crippen LogP contribution in [0.1, 0.15) is 12.5 Å². The summed E-state index contributed by atoms with van der Waals surface area (Å²) in [5.74, 6) is 0. The molecular formula is C13H22N2O. The number of aryl methyl sites for hydroxylation is 1. The van der Waals surface area contributed by atoms with Crippen LogP contribution in [0, 0.1) is 6.92 Å². The van der Waals surface area contributed by atoms with E-state index in [2.05, 4.69) is 43.2 Å². The summed E-state index contributed by atoms with van der Waals surface area (Å²) in [5, 5.41) is 12.5. The smallest absolute Gasteiger partial charge is 0.0601 e. The molecule has 0 radical (unpaired) electrons. The summed E-state index contributed by atoms with van der Waals surface area (Å²) in [5.41, 5.74) is 2.48. The van der Waals surface area contributed by atoms with Crippen LogP contribution in [-0.2, 0) is 0 Å². The number of aliphatic hydroxyl groups is 1. The standard InChI is InChI=1S/C13H22N2O/c1-4-14-12(10-16)9-15(3)13-8-6-5-7-11(13)2/h5-8,12,14,16H,4,9-10H2,1-3H3. The van der Waals surface area contributed by atoms with Gasteiger partial charge in [0.15, 0.2) is 0 Å². The Morgan fingerprint density at radius 2 is 2.06 bits per heavy atom. The third kappa shape index (κ3) is 3.51. The van der Waals surface area contributed by atoms with Gasteiger partial charge in [-0.1, -0.05) is 25.1 Å². The molecule has 0 aromatic heterocycles. The van der Waals surface area contributed by atoms with E-state index in [1.807, 2.05) is 12.1 Å². The van der Waals surface area contributed by atoms with Crippen molar-refractivity contribution in [2.75, 3.05) is 31.6 Å². The molecule has 0 bridgehead atoms. The number of hydrogen-bond acceptors (Lipinski definition) is 3. The predicted molar refractivity (Wildman–Crippen MR) is 69.0 cm³/mol. The van der Waals surface area contributed by atoms with Crippen molar-refractivity contribution in [2.24, 2.45) is 0 Å². The van der Waals surface area contributed by atoms with Gasteiger partial charge in [0.25, 0.3) is 0 Å². The number of anilines is 1. The molecule has 0 aliphatic heterocycles. The lowest BCUT2D eigenvalue weighted by Crippen LogP contribution is -2.42. The van der Waals surface area contributed by atoms with Crippen molar-refractivity contribution < 1.29 is 5.11 Å². The SMILES string of the molecule is CCNC(CO)CN(C)c1ccccc1C.